The molecule has 2 aliphatic rings. The number of imide groups is 1. The van der Waals surface area contributed by atoms with E-state index in [1.54, 1.807) is 36.4 Å². The van der Waals surface area contributed by atoms with Crippen molar-refractivity contribution in [1.29, 1.82) is 0 Å². The Bertz CT molecular complexity index is 1950. The summed E-state index contributed by atoms with van der Waals surface area (Å²) < 4.78 is 11.7. The smallest absolute Gasteiger partial charge is 0.261 e. The number of rotatable bonds is 10. The number of benzene rings is 3. The van der Waals surface area contributed by atoms with Crippen LogP contribution in [0.1, 0.15) is 33.6 Å². The molecule has 5 aromatic rings. The number of aromatic amines is 2. The molecule has 12 nitrogen and oxygen atoms in total. The number of H-pyrrole nitrogens is 2. The first-order valence-corrected chi connectivity index (χ1v) is 15.5. The van der Waals surface area contributed by atoms with Crippen LogP contribution in [0.15, 0.2) is 83.8 Å². The van der Waals surface area contributed by atoms with Crippen LogP contribution in [-0.2, 0) is 0 Å². The largest absolute Gasteiger partial charge is 0.491 e. The Morgan fingerprint density at radius 1 is 0.936 bits per heavy atom. The third-order valence-corrected chi connectivity index (χ3v) is 8.53. The molecule has 2 aromatic heterocycles. The van der Waals surface area contributed by atoms with Gasteiger partial charge in [0.15, 0.2) is 0 Å². The van der Waals surface area contributed by atoms with Crippen LogP contribution in [0.5, 0.6) is 17.2 Å². The number of piperidine rings is 1. The van der Waals surface area contributed by atoms with Gasteiger partial charge in [0.2, 0.25) is 0 Å². The summed E-state index contributed by atoms with van der Waals surface area (Å²) in [4.78, 5) is 53.7. The molecule has 240 valence electrons. The fourth-order valence-corrected chi connectivity index (χ4v) is 6.06. The van der Waals surface area contributed by atoms with Gasteiger partial charge in [0, 0.05) is 24.8 Å². The minimum Gasteiger partial charge on any atom is -0.491 e. The molecule has 1 saturated heterocycles. The van der Waals surface area contributed by atoms with Gasteiger partial charge in [0.1, 0.15) is 41.3 Å². The zero-order valence-corrected chi connectivity index (χ0v) is 25.7. The number of anilines is 1. The molecule has 1 fully saturated rings. The van der Waals surface area contributed by atoms with Crippen molar-refractivity contribution in [1.82, 2.24) is 24.8 Å². The van der Waals surface area contributed by atoms with Gasteiger partial charge in [-0.05, 0) is 75.4 Å². The highest BCUT2D eigenvalue weighted by atomic mass is 16.5. The van der Waals surface area contributed by atoms with E-state index in [0.717, 1.165) is 25.9 Å². The number of fused-ring (bicyclic) bond motifs is 2. The second-order valence-corrected chi connectivity index (χ2v) is 11.8. The summed E-state index contributed by atoms with van der Waals surface area (Å²) in [5.74, 6) is 1.50. The third kappa shape index (κ3) is 6.20. The molecule has 47 heavy (non-hydrogen) atoms. The fourth-order valence-electron chi connectivity index (χ4n) is 6.06. The van der Waals surface area contributed by atoms with Crippen molar-refractivity contribution in [3.63, 3.8) is 0 Å². The maximum Gasteiger partial charge on any atom is 0.261 e. The van der Waals surface area contributed by atoms with Gasteiger partial charge >= 0.3 is 0 Å². The molecule has 1 atom stereocenters. The highest BCUT2D eigenvalue weighted by Gasteiger charge is 2.41. The monoisotopic (exact) mass is 634 g/mol. The van der Waals surface area contributed by atoms with Crippen molar-refractivity contribution in [3.05, 3.63) is 100 Å². The van der Waals surface area contributed by atoms with Crippen LogP contribution in [0.2, 0.25) is 0 Å². The molecular weight excluding hydrogens is 600 g/mol. The minimum atomic E-state index is -0.913. The predicted octanol–water partition coefficient (Wildman–Crippen LogP) is 4.25. The van der Waals surface area contributed by atoms with Gasteiger partial charge < -0.3 is 34.8 Å². The molecule has 0 spiro atoms. The summed E-state index contributed by atoms with van der Waals surface area (Å²) in [6.45, 7) is 1.73. The number of amides is 2. The molecule has 2 aliphatic heterocycles. The first-order chi connectivity index (χ1) is 22.8. The zero-order chi connectivity index (χ0) is 32.5. The Morgan fingerprint density at radius 3 is 2.45 bits per heavy atom. The van der Waals surface area contributed by atoms with Crippen molar-refractivity contribution in [3.8, 4) is 28.6 Å². The number of nitrogens with one attached hydrogen (secondary N) is 3. The third-order valence-electron chi connectivity index (χ3n) is 8.53. The Balaban J connectivity index is 1.03. The molecule has 3 aromatic carbocycles. The maximum atomic E-state index is 13.4. The van der Waals surface area contributed by atoms with Crippen molar-refractivity contribution in [2.45, 2.75) is 25.0 Å². The van der Waals surface area contributed by atoms with Gasteiger partial charge in [-0.25, -0.2) is 4.98 Å². The molecule has 0 bridgehead atoms. The molecular formula is C35H34N6O6. The number of likely N-dealkylation sites (tertiary alicyclic amines) is 1. The molecule has 1 unspecified atom stereocenters. The number of imidazole rings is 1. The fraction of sp³-hybridized carbons (Fsp3) is 0.257. The van der Waals surface area contributed by atoms with E-state index in [0.29, 0.717) is 45.1 Å². The molecule has 2 amide bonds. The Hall–Kier alpha value is -5.46. The van der Waals surface area contributed by atoms with E-state index in [9.17, 15) is 19.5 Å². The summed E-state index contributed by atoms with van der Waals surface area (Å²) in [5.41, 5.74) is 1.92. The second kappa shape index (κ2) is 12.7. The topological polar surface area (TPSA) is 153 Å². The van der Waals surface area contributed by atoms with Crippen molar-refractivity contribution in [2.75, 3.05) is 38.6 Å². The van der Waals surface area contributed by atoms with E-state index in [1.807, 2.05) is 43.4 Å². The molecule has 0 radical (unpaired) electrons. The van der Waals surface area contributed by atoms with Gasteiger partial charge in [-0.15, -0.1) is 0 Å². The van der Waals surface area contributed by atoms with Gasteiger partial charge in [-0.1, -0.05) is 24.3 Å². The van der Waals surface area contributed by atoms with Gasteiger partial charge in [0.25, 0.3) is 17.4 Å². The van der Waals surface area contributed by atoms with E-state index in [2.05, 4.69) is 25.2 Å². The molecule has 4 heterocycles. The van der Waals surface area contributed by atoms with E-state index in [4.69, 9.17) is 9.47 Å². The van der Waals surface area contributed by atoms with Crippen molar-refractivity contribution >= 4 is 28.5 Å². The number of ether oxygens (including phenoxy) is 2. The van der Waals surface area contributed by atoms with Crippen LogP contribution in [0.4, 0.5) is 5.69 Å². The molecule has 4 N–H and O–H groups in total. The lowest BCUT2D eigenvalue weighted by Gasteiger charge is -2.33. The maximum absolute atomic E-state index is 13.4. The van der Waals surface area contributed by atoms with Crippen molar-refractivity contribution < 1.29 is 24.2 Å². The number of pyridine rings is 1. The lowest BCUT2D eigenvalue weighted by atomic mass is 10.0. The normalized spacial score (nSPS) is 16.0. The van der Waals surface area contributed by atoms with Crippen LogP contribution in [-0.4, -0.2) is 87.1 Å². The molecule has 0 aliphatic carbocycles. The highest BCUT2D eigenvalue weighted by Crippen LogP contribution is 2.33. The van der Waals surface area contributed by atoms with Crippen molar-refractivity contribution in [2.24, 2.45) is 0 Å². The number of hydrogen-bond acceptors (Lipinski definition) is 9. The quantitative estimate of drug-likeness (QED) is 0.165. The predicted molar refractivity (Wildman–Crippen MR) is 176 cm³/mol. The highest BCUT2D eigenvalue weighted by molar-refractivity contribution is 6.23. The van der Waals surface area contributed by atoms with E-state index in [1.165, 1.54) is 11.1 Å². The average molecular weight is 635 g/mol. The van der Waals surface area contributed by atoms with Crippen LogP contribution >= 0.6 is 0 Å². The number of aliphatic hydroxyl groups is 1. The van der Waals surface area contributed by atoms with E-state index < -0.39 is 11.7 Å². The Kier molecular flexibility index (Phi) is 8.19. The average Bonchev–Trinajstić information content (AvgIpc) is 3.59. The summed E-state index contributed by atoms with van der Waals surface area (Å²) >= 11 is 0. The first kappa shape index (κ1) is 30.2. The summed E-state index contributed by atoms with van der Waals surface area (Å²) in [6, 6.07) is 21.3. The molecule has 12 heteroatoms. The van der Waals surface area contributed by atoms with Crippen LogP contribution in [0.25, 0.3) is 22.4 Å². The lowest BCUT2D eigenvalue weighted by molar-refractivity contribution is 0.0516. The lowest BCUT2D eigenvalue weighted by Crippen LogP contribution is -2.46. The standard InChI is InChI=1S/C35H34N6O6/c1-40-14-11-21(12-15-40)41-34(44)26-17-29-30(18-27(26)35(41)45)39-32(38-29)31-28(10-13-36-33(31)43)37-19-22(42)20-46-24-8-5-9-25(16-24)47-23-6-3-2-4-7-23/h2-10,13,16-18,21-22,42H,11-12,14-15,19-20H2,1H3,(H,38,39)(H2,36,37,43). The SMILES string of the molecule is CN1CCC(N2C(=O)c3cc4nc(-c5c(NCC(O)COc6cccc(Oc7ccccc7)c6)cc[nH]c5=O)[nH]c4cc3C2=O)CC1. The summed E-state index contributed by atoms with van der Waals surface area (Å²) in [7, 11) is 2.03. The Morgan fingerprint density at radius 2 is 1.66 bits per heavy atom. The number of aliphatic hydroxyl groups excluding tert-OH is 1. The van der Waals surface area contributed by atoms with Gasteiger partial charge in [0.05, 0.1) is 27.8 Å². The number of nitrogens with zero attached hydrogens (tertiary/aromatic N) is 3. The second-order valence-electron chi connectivity index (χ2n) is 11.8. The van der Waals surface area contributed by atoms with Gasteiger partial charge in [-0.2, -0.15) is 0 Å². The number of hydrogen-bond donors (Lipinski definition) is 4. The van der Waals surface area contributed by atoms with Gasteiger partial charge in [-0.3, -0.25) is 19.3 Å². The van der Waals surface area contributed by atoms with Crippen LogP contribution < -0.4 is 20.3 Å². The zero-order valence-electron chi connectivity index (χ0n) is 25.7. The van der Waals surface area contributed by atoms with E-state index in [-0.39, 0.29) is 42.4 Å². The molecule has 0 saturated carbocycles. The minimum absolute atomic E-state index is 0.00681. The molecule has 7 rings (SSSR count). The van der Waals surface area contributed by atoms with Crippen LogP contribution in [0, 0.1) is 0 Å². The van der Waals surface area contributed by atoms with E-state index >= 15 is 0 Å². The number of carbonyl (C=O) groups excluding carboxylic acids is 2. The number of carbonyl (C=O) groups is 2. The number of para-hydroxylation sites is 1. The summed E-state index contributed by atoms with van der Waals surface area (Å²) in [6.07, 6.45) is 2.07. The van der Waals surface area contributed by atoms with Crippen LogP contribution in [0.3, 0.4) is 0 Å². The Labute approximate surface area is 270 Å². The summed E-state index contributed by atoms with van der Waals surface area (Å²) in [5, 5.41) is 13.8. The first-order valence-electron chi connectivity index (χ1n) is 15.5. The number of aromatic nitrogens is 3.